The van der Waals surface area contributed by atoms with E-state index in [2.05, 4.69) is 22.9 Å². The summed E-state index contributed by atoms with van der Waals surface area (Å²) in [6.45, 7) is 2.67. The SMILES string of the molecule is CCc1ccccc1NC(=O)C1CNc2ccccc2N1. The first-order valence-corrected chi connectivity index (χ1v) is 7.26. The van der Waals surface area contributed by atoms with Crippen LogP contribution in [0.1, 0.15) is 12.5 Å². The average Bonchev–Trinajstić information content (AvgIpc) is 2.55. The third-order valence-corrected chi connectivity index (χ3v) is 3.73. The Balaban J connectivity index is 1.72. The molecule has 1 atom stereocenters. The van der Waals surface area contributed by atoms with Gasteiger partial charge in [-0.05, 0) is 30.2 Å². The predicted octanol–water partition coefficient (Wildman–Crippen LogP) is 3.09. The summed E-state index contributed by atoms with van der Waals surface area (Å²) >= 11 is 0. The highest BCUT2D eigenvalue weighted by Gasteiger charge is 2.23. The molecule has 1 amide bonds. The monoisotopic (exact) mass is 281 g/mol. The highest BCUT2D eigenvalue weighted by atomic mass is 16.2. The number of fused-ring (bicyclic) bond motifs is 1. The van der Waals surface area contributed by atoms with E-state index in [1.54, 1.807) is 0 Å². The fraction of sp³-hybridized carbons (Fsp3) is 0.235. The van der Waals surface area contributed by atoms with Crippen LogP contribution in [0.4, 0.5) is 17.1 Å². The van der Waals surface area contributed by atoms with Crippen LogP contribution in [0.3, 0.4) is 0 Å². The number of hydrogen-bond acceptors (Lipinski definition) is 3. The van der Waals surface area contributed by atoms with E-state index < -0.39 is 0 Å². The molecule has 0 spiro atoms. The molecule has 108 valence electrons. The zero-order chi connectivity index (χ0) is 14.7. The Kier molecular flexibility index (Phi) is 3.77. The molecule has 0 aromatic heterocycles. The van der Waals surface area contributed by atoms with Crippen LogP contribution in [0.5, 0.6) is 0 Å². The van der Waals surface area contributed by atoms with E-state index in [1.165, 1.54) is 0 Å². The molecule has 0 saturated heterocycles. The number of carbonyl (C=O) groups is 1. The fourth-order valence-electron chi connectivity index (χ4n) is 2.54. The normalized spacial score (nSPS) is 16.3. The largest absolute Gasteiger partial charge is 0.381 e. The molecule has 1 unspecified atom stereocenters. The Morgan fingerprint density at radius 3 is 2.67 bits per heavy atom. The summed E-state index contributed by atoms with van der Waals surface area (Å²) in [4.78, 5) is 12.4. The maximum absolute atomic E-state index is 12.4. The Morgan fingerprint density at radius 2 is 1.86 bits per heavy atom. The zero-order valence-electron chi connectivity index (χ0n) is 12.0. The summed E-state index contributed by atoms with van der Waals surface area (Å²) in [5, 5.41) is 9.59. The van der Waals surface area contributed by atoms with Gasteiger partial charge in [0.2, 0.25) is 5.91 Å². The molecule has 21 heavy (non-hydrogen) atoms. The summed E-state index contributed by atoms with van der Waals surface area (Å²) in [7, 11) is 0. The van der Waals surface area contributed by atoms with Crippen molar-refractivity contribution >= 4 is 23.0 Å². The van der Waals surface area contributed by atoms with Crippen molar-refractivity contribution < 1.29 is 4.79 Å². The minimum atomic E-state index is -0.273. The predicted molar refractivity (Wildman–Crippen MR) is 86.8 cm³/mol. The van der Waals surface area contributed by atoms with Crippen molar-refractivity contribution in [2.24, 2.45) is 0 Å². The van der Waals surface area contributed by atoms with Gasteiger partial charge in [-0.15, -0.1) is 0 Å². The molecule has 0 radical (unpaired) electrons. The van der Waals surface area contributed by atoms with Crippen molar-refractivity contribution in [3.8, 4) is 0 Å². The highest BCUT2D eigenvalue weighted by molar-refractivity contribution is 5.98. The Hall–Kier alpha value is -2.49. The first kappa shape index (κ1) is 13.5. The number of hydrogen-bond donors (Lipinski definition) is 3. The summed E-state index contributed by atoms with van der Waals surface area (Å²) in [6, 6.07) is 15.6. The molecule has 1 aliphatic heterocycles. The van der Waals surface area contributed by atoms with Crippen molar-refractivity contribution in [1.29, 1.82) is 0 Å². The van der Waals surface area contributed by atoms with Crippen LogP contribution in [0.15, 0.2) is 48.5 Å². The lowest BCUT2D eigenvalue weighted by molar-refractivity contribution is -0.116. The molecule has 0 bridgehead atoms. The summed E-state index contributed by atoms with van der Waals surface area (Å²) in [6.07, 6.45) is 0.898. The lowest BCUT2D eigenvalue weighted by atomic mass is 10.1. The Morgan fingerprint density at radius 1 is 1.14 bits per heavy atom. The first-order valence-electron chi connectivity index (χ1n) is 7.26. The molecule has 0 aliphatic carbocycles. The van der Waals surface area contributed by atoms with E-state index >= 15 is 0 Å². The van der Waals surface area contributed by atoms with Gasteiger partial charge in [0.1, 0.15) is 6.04 Å². The second-order valence-electron chi connectivity index (χ2n) is 5.12. The van der Waals surface area contributed by atoms with Crippen molar-refractivity contribution in [3.05, 3.63) is 54.1 Å². The standard InChI is InChI=1S/C17H19N3O/c1-2-12-7-3-4-8-13(12)20-17(21)16-11-18-14-9-5-6-10-15(14)19-16/h3-10,16,18-19H,2,11H2,1H3,(H,20,21). The van der Waals surface area contributed by atoms with Crippen LogP contribution in [0.25, 0.3) is 0 Å². The number of nitrogens with one attached hydrogen (secondary N) is 3. The Labute approximate surface area is 124 Å². The number of carbonyl (C=O) groups excluding carboxylic acids is 1. The van der Waals surface area contributed by atoms with E-state index in [1.807, 2.05) is 48.5 Å². The number of aryl methyl sites for hydroxylation is 1. The number of amides is 1. The maximum Gasteiger partial charge on any atom is 0.248 e. The minimum Gasteiger partial charge on any atom is -0.381 e. The van der Waals surface area contributed by atoms with Gasteiger partial charge in [-0.1, -0.05) is 37.3 Å². The third-order valence-electron chi connectivity index (χ3n) is 3.73. The van der Waals surface area contributed by atoms with Gasteiger partial charge >= 0.3 is 0 Å². The van der Waals surface area contributed by atoms with Gasteiger partial charge in [0.15, 0.2) is 0 Å². The lowest BCUT2D eigenvalue weighted by Gasteiger charge is -2.27. The number of para-hydroxylation sites is 3. The second kappa shape index (κ2) is 5.87. The fourth-order valence-corrected chi connectivity index (χ4v) is 2.54. The van der Waals surface area contributed by atoms with E-state index in [-0.39, 0.29) is 11.9 Å². The molecule has 1 aliphatic rings. The molecule has 1 heterocycles. The lowest BCUT2D eigenvalue weighted by Crippen LogP contribution is -2.43. The van der Waals surface area contributed by atoms with Crippen molar-refractivity contribution in [2.75, 3.05) is 22.5 Å². The number of benzene rings is 2. The van der Waals surface area contributed by atoms with Gasteiger partial charge in [-0.2, -0.15) is 0 Å². The molecule has 4 nitrogen and oxygen atoms in total. The van der Waals surface area contributed by atoms with Gasteiger partial charge in [0.05, 0.1) is 11.4 Å². The molecular weight excluding hydrogens is 262 g/mol. The van der Waals surface area contributed by atoms with E-state index in [0.717, 1.165) is 29.0 Å². The van der Waals surface area contributed by atoms with Crippen molar-refractivity contribution in [2.45, 2.75) is 19.4 Å². The topological polar surface area (TPSA) is 53.2 Å². The van der Waals surface area contributed by atoms with Gasteiger partial charge in [-0.25, -0.2) is 0 Å². The van der Waals surface area contributed by atoms with Crippen LogP contribution in [0, 0.1) is 0 Å². The molecule has 3 rings (SSSR count). The molecule has 2 aromatic rings. The number of anilines is 3. The highest BCUT2D eigenvalue weighted by Crippen LogP contribution is 2.25. The molecular formula is C17H19N3O. The van der Waals surface area contributed by atoms with Crippen LogP contribution < -0.4 is 16.0 Å². The molecule has 0 saturated carbocycles. The molecule has 3 N–H and O–H groups in total. The van der Waals surface area contributed by atoms with Crippen LogP contribution in [-0.4, -0.2) is 18.5 Å². The van der Waals surface area contributed by atoms with Crippen LogP contribution in [0.2, 0.25) is 0 Å². The second-order valence-corrected chi connectivity index (χ2v) is 5.12. The summed E-state index contributed by atoms with van der Waals surface area (Å²) in [5.74, 6) is -0.0158. The van der Waals surface area contributed by atoms with Crippen LogP contribution >= 0.6 is 0 Å². The van der Waals surface area contributed by atoms with Gasteiger partial charge < -0.3 is 16.0 Å². The van der Waals surface area contributed by atoms with Crippen molar-refractivity contribution in [1.82, 2.24) is 0 Å². The minimum absolute atomic E-state index is 0.0158. The maximum atomic E-state index is 12.4. The molecule has 2 aromatic carbocycles. The molecule has 0 fully saturated rings. The summed E-state index contributed by atoms with van der Waals surface area (Å²) < 4.78 is 0. The van der Waals surface area contributed by atoms with E-state index in [9.17, 15) is 4.79 Å². The first-order chi connectivity index (χ1) is 10.3. The van der Waals surface area contributed by atoms with Gasteiger partial charge in [-0.3, -0.25) is 4.79 Å². The van der Waals surface area contributed by atoms with Gasteiger partial charge in [0, 0.05) is 12.2 Å². The Bertz CT molecular complexity index is 654. The van der Waals surface area contributed by atoms with E-state index in [4.69, 9.17) is 0 Å². The quantitative estimate of drug-likeness (QED) is 0.810. The summed E-state index contributed by atoms with van der Waals surface area (Å²) in [5.41, 5.74) is 4.05. The third kappa shape index (κ3) is 2.84. The zero-order valence-corrected chi connectivity index (χ0v) is 12.0. The molecule has 4 heteroatoms. The average molecular weight is 281 g/mol. The smallest absolute Gasteiger partial charge is 0.248 e. The van der Waals surface area contributed by atoms with Gasteiger partial charge in [0.25, 0.3) is 0 Å². The van der Waals surface area contributed by atoms with Crippen molar-refractivity contribution in [3.63, 3.8) is 0 Å². The van der Waals surface area contributed by atoms with Crippen LogP contribution in [-0.2, 0) is 11.2 Å². The number of rotatable bonds is 3. The van der Waals surface area contributed by atoms with E-state index in [0.29, 0.717) is 6.54 Å².